The normalized spacial score (nSPS) is 10.4. The highest BCUT2D eigenvalue weighted by atomic mass is 79.9. The highest BCUT2D eigenvalue weighted by molar-refractivity contribution is 9.10. The highest BCUT2D eigenvalue weighted by Crippen LogP contribution is 2.22. The van der Waals surface area contributed by atoms with Crippen molar-refractivity contribution in [2.24, 2.45) is 0 Å². The van der Waals surface area contributed by atoms with Crippen LogP contribution < -0.4 is 5.32 Å². The average molecular weight is 254 g/mol. The van der Waals surface area contributed by atoms with Gasteiger partial charge in [-0.3, -0.25) is 4.79 Å². The van der Waals surface area contributed by atoms with Crippen LogP contribution in [0.1, 0.15) is 10.4 Å². The minimum atomic E-state index is -0.132. The molecule has 0 aromatic carbocycles. The number of H-pyrrole nitrogens is 1. The van der Waals surface area contributed by atoms with Crippen LogP contribution in [0.15, 0.2) is 22.9 Å². The molecule has 0 bridgehead atoms. The van der Waals surface area contributed by atoms with Crippen LogP contribution in [0.5, 0.6) is 0 Å². The van der Waals surface area contributed by atoms with Gasteiger partial charge < -0.3 is 10.3 Å². The summed E-state index contributed by atoms with van der Waals surface area (Å²) in [5.41, 5.74) is 1.32. The van der Waals surface area contributed by atoms with E-state index in [0.717, 1.165) is 15.5 Å². The third-order valence-electron chi connectivity index (χ3n) is 1.97. The number of nitrogens with zero attached hydrogens (tertiary/aromatic N) is 1. The summed E-state index contributed by atoms with van der Waals surface area (Å²) in [5, 5.41) is 3.46. The van der Waals surface area contributed by atoms with E-state index < -0.39 is 0 Å². The predicted molar refractivity (Wildman–Crippen MR) is 57.2 cm³/mol. The van der Waals surface area contributed by atoms with E-state index in [1.54, 1.807) is 25.5 Å². The lowest BCUT2D eigenvalue weighted by Crippen LogP contribution is -2.17. The molecule has 5 heteroatoms. The third kappa shape index (κ3) is 1.39. The molecule has 0 unspecified atom stereocenters. The van der Waals surface area contributed by atoms with E-state index in [1.165, 1.54) is 0 Å². The Morgan fingerprint density at radius 1 is 1.64 bits per heavy atom. The summed E-state index contributed by atoms with van der Waals surface area (Å²) in [6.07, 6.45) is 3.34. The second kappa shape index (κ2) is 3.42. The van der Waals surface area contributed by atoms with Crippen molar-refractivity contribution < 1.29 is 4.79 Å². The molecule has 0 aliphatic heterocycles. The minimum absolute atomic E-state index is 0.132. The topological polar surface area (TPSA) is 57.8 Å². The molecule has 0 saturated heterocycles. The van der Waals surface area contributed by atoms with Crippen molar-refractivity contribution in [2.75, 3.05) is 7.05 Å². The number of aromatic nitrogens is 2. The van der Waals surface area contributed by atoms with Gasteiger partial charge in [0.05, 0.1) is 5.56 Å². The molecule has 0 radical (unpaired) electrons. The van der Waals surface area contributed by atoms with Crippen LogP contribution >= 0.6 is 15.9 Å². The van der Waals surface area contributed by atoms with E-state index in [4.69, 9.17) is 0 Å². The van der Waals surface area contributed by atoms with Gasteiger partial charge >= 0.3 is 0 Å². The van der Waals surface area contributed by atoms with Gasteiger partial charge in [-0.05, 0) is 22.0 Å². The number of fused-ring (bicyclic) bond motifs is 1. The van der Waals surface area contributed by atoms with Crippen LogP contribution in [-0.4, -0.2) is 22.9 Å². The SMILES string of the molecule is CNC(=O)c1cnc2[nH]cc(Br)c2c1. The lowest BCUT2D eigenvalue weighted by atomic mass is 10.2. The Morgan fingerprint density at radius 3 is 3.14 bits per heavy atom. The summed E-state index contributed by atoms with van der Waals surface area (Å²) in [6.45, 7) is 0. The van der Waals surface area contributed by atoms with Crippen LogP contribution in [0, 0.1) is 0 Å². The Kier molecular flexibility index (Phi) is 2.25. The number of rotatable bonds is 1. The molecule has 0 atom stereocenters. The van der Waals surface area contributed by atoms with Gasteiger partial charge in [0.1, 0.15) is 5.65 Å². The van der Waals surface area contributed by atoms with E-state index in [-0.39, 0.29) is 5.91 Å². The maximum atomic E-state index is 11.3. The maximum absolute atomic E-state index is 11.3. The molecule has 0 fully saturated rings. The summed E-state index contributed by atoms with van der Waals surface area (Å²) < 4.78 is 0.908. The van der Waals surface area contributed by atoms with Crippen LogP contribution in [0.25, 0.3) is 11.0 Å². The zero-order valence-corrected chi connectivity index (χ0v) is 9.05. The number of amides is 1. The number of hydrogen-bond acceptors (Lipinski definition) is 2. The quantitative estimate of drug-likeness (QED) is 0.813. The van der Waals surface area contributed by atoms with E-state index in [2.05, 4.69) is 31.2 Å². The van der Waals surface area contributed by atoms with Crippen LogP contribution in [0.2, 0.25) is 0 Å². The van der Waals surface area contributed by atoms with Crippen molar-refractivity contribution in [1.29, 1.82) is 0 Å². The fourth-order valence-corrected chi connectivity index (χ4v) is 1.66. The fourth-order valence-electron chi connectivity index (χ4n) is 1.24. The molecule has 2 aromatic rings. The first kappa shape index (κ1) is 9.21. The molecule has 4 nitrogen and oxygen atoms in total. The molecule has 2 aromatic heterocycles. The van der Waals surface area contributed by atoms with Crippen molar-refractivity contribution in [3.8, 4) is 0 Å². The smallest absolute Gasteiger partial charge is 0.252 e. The van der Waals surface area contributed by atoms with Crippen molar-refractivity contribution in [2.45, 2.75) is 0 Å². The molecule has 14 heavy (non-hydrogen) atoms. The fraction of sp³-hybridized carbons (Fsp3) is 0.111. The summed E-state index contributed by atoms with van der Waals surface area (Å²) >= 11 is 3.37. The largest absolute Gasteiger partial charge is 0.355 e. The number of halogens is 1. The zero-order chi connectivity index (χ0) is 10.1. The molecule has 2 heterocycles. The van der Waals surface area contributed by atoms with Crippen molar-refractivity contribution >= 4 is 32.9 Å². The van der Waals surface area contributed by atoms with Crippen LogP contribution in [0.3, 0.4) is 0 Å². The zero-order valence-electron chi connectivity index (χ0n) is 7.47. The molecular weight excluding hydrogens is 246 g/mol. The summed E-state index contributed by atoms with van der Waals surface area (Å²) in [5.74, 6) is -0.132. The van der Waals surface area contributed by atoms with Crippen molar-refractivity contribution in [1.82, 2.24) is 15.3 Å². The standard InChI is InChI=1S/C9H8BrN3O/c1-11-9(14)5-2-6-7(10)4-13-8(6)12-3-5/h2-4H,1H3,(H,11,14)(H,12,13). The van der Waals surface area contributed by atoms with Crippen molar-refractivity contribution in [3.63, 3.8) is 0 Å². The summed E-state index contributed by atoms with van der Waals surface area (Å²) in [6, 6.07) is 1.79. The number of pyridine rings is 1. The maximum Gasteiger partial charge on any atom is 0.252 e. The third-order valence-corrected chi connectivity index (χ3v) is 2.63. The number of hydrogen-bond donors (Lipinski definition) is 2. The van der Waals surface area contributed by atoms with Gasteiger partial charge in [0.15, 0.2) is 0 Å². The number of aromatic amines is 1. The van der Waals surface area contributed by atoms with Gasteiger partial charge in [-0.25, -0.2) is 4.98 Å². The van der Waals surface area contributed by atoms with Gasteiger partial charge in [-0.1, -0.05) is 0 Å². The van der Waals surface area contributed by atoms with Gasteiger partial charge in [-0.15, -0.1) is 0 Å². The Morgan fingerprint density at radius 2 is 2.43 bits per heavy atom. The minimum Gasteiger partial charge on any atom is -0.355 e. The van der Waals surface area contributed by atoms with E-state index >= 15 is 0 Å². The van der Waals surface area contributed by atoms with Gasteiger partial charge in [-0.2, -0.15) is 0 Å². The molecule has 0 aliphatic rings. The molecule has 0 spiro atoms. The molecule has 72 valence electrons. The average Bonchev–Trinajstić information content (AvgIpc) is 2.59. The molecule has 2 N–H and O–H groups in total. The summed E-state index contributed by atoms with van der Waals surface area (Å²) in [7, 11) is 1.60. The van der Waals surface area contributed by atoms with Gasteiger partial charge in [0.2, 0.25) is 0 Å². The second-order valence-corrected chi connectivity index (χ2v) is 3.69. The number of carbonyl (C=O) groups is 1. The first-order valence-electron chi connectivity index (χ1n) is 4.07. The highest BCUT2D eigenvalue weighted by Gasteiger charge is 2.07. The summed E-state index contributed by atoms with van der Waals surface area (Å²) in [4.78, 5) is 18.4. The van der Waals surface area contributed by atoms with Gasteiger partial charge in [0.25, 0.3) is 5.91 Å². The Labute approximate surface area is 88.9 Å². The Bertz CT molecular complexity index is 492. The first-order valence-corrected chi connectivity index (χ1v) is 4.86. The van der Waals surface area contributed by atoms with Crippen molar-refractivity contribution in [3.05, 3.63) is 28.5 Å². The Balaban J connectivity index is 2.60. The molecule has 0 aliphatic carbocycles. The molecular formula is C9H8BrN3O. The first-order chi connectivity index (χ1) is 6.72. The number of carbonyl (C=O) groups excluding carboxylic acids is 1. The van der Waals surface area contributed by atoms with E-state index in [1.807, 2.05) is 0 Å². The molecule has 0 saturated carbocycles. The lowest BCUT2D eigenvalue weighted by molar-refractivity contribution is 0.0963. The Hall–Kier alpha value is -1.36. The lowest BCUT2D eigenvalue weighted by Gasteiger charge is -1.98. The molecule has 1 amide bonds. The van der Waals surface area contributed by atoms with Gasteiger partial charge in [0, 0.05) is 29.3 Å². The monoisotopic (exact) mass is 253 g/mol. The van der Waals surface area contributed by atoms with E-state index in [0.29, 0.717) is 5.56 Å². The second-order valence-electron chi connectivity index (χ2n) is 2.84. The predicted octanol–water partition coefficient (Wildman–Crippen LogP) is 1.69. The molecule has 2 rings (SSSR count). The van der Waals surface area contributed by atoms with Crippen LogP contribution in [0.4, 0.5) is 0 Å². The van der Waals surface area contributed by atoms with Crippen LogP contribution in [-0.2, 0) is 0 Å². The number of nitrogens with one attached hydrogen (secondary N) is 2. The van der Waals surface area contributed by atoms with E-state index in [9.17, 15) is 4.79 Å².